The number of nitrogens with zero attached hydrogens (tertiary/aromatic N) is 3. The average molecular weight is 447 g/mol. The first kappa shape index (κ1) is 22.6. The van der Waals surface area contributed by atoms with Crippen molar-refractivity contribution in [3.8, 4) is 0 Å². The number of nitrogens with one attached hydrogen (secondary N) is 1. The molecule has 0 radical (unpaired) electrons. The second kappa shape index (κ2) is 9.37. The molecule has 162 valence electrons. The molecular weight excluding hydrogens is 416 g/mol. The molecule has 2 aromatic rings. The predicted octanol–water partition coefficient (Wildman–Crippen LogP) is 3.56. The summed E-state index contributed by atoms with van der Waals surface area (Å²) in [5, 5.41) is 14.1. The minimum Gasteiger partial charge on any atom is -0.396 e. The second-order valence-electron chi connectivity index (χ2n) is 8.87. The molecule has 0 bridgehead atoms. The number of benzene rings is 1. The van der Waals surface area contributed by atoms with E-state index in [0.29, 0.717) is 31.1 Å². The van der Waals surface area contributed by atoms with E-state index in [2.05, 4.69) is 47.0 Å². The van der Waals surface area contributed by atoms with E-state index in [-0.39, 0.29) is 18.7 Å². The minimum absolute atomic E-state index is 0.0231. The van der Waals surface area contributed by atoms with Gasteiger partial charge in [-0.3, -0.25) is 0 Å². The molecule has 2 N–H and O–H groups in total. The maximum absolute atomic E-state index is 12.8. The largest absolute Gasteiger partial charge is 0.396 e. The molecule has 1 aliphatic heterocycles. The van der Waals surface area contributed by atoms with Gasteiger partial charge in [-0.15, -0.1) is 0 Å². The van der Waals surface area contributed by atoms with Gasteiger partial charge in [0.25, 0.3) is 0 Å². The van der Waals surface area contributed by atoms with Gasteiger partial charge in [0.2, 0.25) is 0 Å². The number of aliphatic hydroxyl groups is 1. The number of halogens is 1. The molecule has 1 aromatic carbocycles. The van der Waals surface area contributed by atoms with Crippen LogP contribution in [0.2, 0.25) is 24.7 Å². The van der Waals surface area contributed by atoms with E-state index in [4.69, 9.17) is 16.7 Å². The van der Waals surface area contributed by atoms with Crippen LogP contribution in [0.1, 0.15) is 12.5 Å². The molecule has 3 rings (SSSR count). The van der Waals surface area contributed by atoms with E-state index >= 15 is 0 Å². The SMILES string of the molecule is C[C@@H]1CN(c2ncc(CCO)cc2Cl)CCN1C(=O)Nc1ccc([Si](C)(C)C)cc1. The smallest absolute Gasteiger partial charge is 0.322 e. The highest BCUT2D eigenvalue weighted by atomic mass is 35.5. The summed E-state index contributed by atoms with van der Waals surface area (Å²) in [5.41, 5.74) is 1.73. The van der Waals surface area contributed by atoms with Crippen molar-refractivity contribution in [3.63, 3.8) is 0 Å². The zero-order chi connectivity index (χ0) is 21.9. The molecule has 0 saturated carbocycles. The van der Waals surface area contributed by atoms with E-state index in [9.17, 15) is 4.79 Å². The Labute approximate surface area is 184 Å². The molecule has 1 saturated heterocycles. The first-order chi connectivity index (χ1) is 14.2. The summed E-state index contributed by atoms with van der Waals surface area (Å²) >= 11 is 6.42. The Bertz CT molecular complexity index is 886. The summed E-state index contributed by atoms with van der Waals surface area (Å²) in [6.45, 7) is 11.0. The lowest BCUT2D eigenvalue weighted by atomic mass is 10.2. The molecule has 6 nitrogen and oxygen atoms in total. The lowest BCUT2D eigenvalue weighted by molar-refractivity contribution is 0.184. The topological polar surface area (TPSA) is 68.7 Å². The lowest BCUT2D eigenvalue weighted by Gasteiger charge is -2.40. The van der Waals surface area contributed by atoms with Gasteiger partial charge in [0.05, 0.1) is 13.1 Å². The monoisotopic (exact) mass is 446 g/mol. The van der Waals surface area contributed by atoms with Gasteiger partial charge < -0.3 is 20.2 Å². The third-order valence-corrected chi connectivity index (χ3v) is 7.81. The van der Waals surface area contributed by atoms with Crippen LogP contribution in [0.5, 0.6) is 0 Å². The highest BCUT2D eigenvalue weighted by molar-refractivity contribution is 6.88. The van der Waals surface area contributed by atoms with Crippen LogP contribution in [0.4, 0.5) is 16.3 Å². The van der Waals surface area contributed by atoms with Crippen molar-refractivity contribution in [2.24, 2.45) is 0 Å². The van der Waals surface area contributed by atoms with E-state index in [0.717, 1.165) is 17.1 Å². The maximum atomic E-state index is 12.8. The summed E-state index contributed by atoms with van der Waals surface area (Å²) in [5.74, 6) is 0.729. The average Bonchev–Trinajstić information content (AvgIpc) is 2.68. The Morgan fingerprint density at radius 3 is 2.53 bits per heavy atom. The molecule has 1 aromatic heterocycles. The van der Waals surface area contributed by atoms with Gasteiger partial charge in [-0.1, -0.05) is 48.6 Å². The number of hydrogen-bond acceptors (Lipinski definition) is 4. The fourth-order valence-electron chi connectivity index (χ4n) is 3.67. The highest BCUT2D eigenvalue weighted by Crippen LogP contribution is 2.26. The number of rotatable bonds is 5. The summed E-state index contributed by atoms with van der Waals surface area (Å²) in [7, 11) is -1.35. The molecule has 1 aliphatic rings. The molecule has 2 amide bonds. The number of carbonyl (C=O) groups excluding carboxylic acids is 1. The number of aliphatic hydroxyl groups excluding tert-OH is 1. The summed E-state index contributed by atoms with van der Waals surface area (Å²) in [6.07, 6.45) is 2.29. The molecule has 1 fully saturated rings. The number of anilines is 2. The Hall–Kier alpha value is -2.09. The number of amides is 2. The van der Waals surface area contributed by atoms with Crippen molar-refractivity contribution in [1.29, 1.82) is 0 Å². The van der Waals surface area contributed by atoms with Crippen molar-refractivity contribution in [2.75, 3.05) is 36.5 Å². The minimum atomic E-state index is -1.35. The van der Waals surface area contributed by atoms with E-state index < -0.39 is 8.07 Å². The molecule has 0 unspecified atom stereocenters. The van der Waals surface area contributed by atoms with E-state index in [1.807, 2.05) is 30.0 Å². The zero-order valence-corrected chi connectivity index (χ0v) is 19.9. The van der Waals surface area contributed by atoms with Crippen molar-refractivity contribution >= 4 is 42.4 Å². The molecule has 1 atom stereocenters. The molecule has 0 spiro atoms. The van der Waals surface area contributed by atoms with Gasteiger partial charge in [-0.2, -0.15) is 0 Å². The predicted molar refractivity (Wildman–Crippen MR) is 127 cm³/mol. The molecule has 8 heteroatoms. The van der Waals surface area contributed by atoms with E-state index in [1.54, 1.807) is 6.20 Å². The van der Waals surface area contributed by atoms with Crippen LogP contribution in [-0.2, 0) is 6.42 Å². The van der Waals surface area contributed by atoms with Crippen molar-refractivity contribution in [1.82, 2.24) is 9.88 Å². The molecular formula is C22H31ClN4O2Si. The van der Waals surface area contributed by atoms with Gasteiger partial charge in [0.15, 0.2) is 0 Å². The Balaban J connectivity index is 1.62. The van der Waals surface area contributed by atoms with Crippen LogP contribution in [0.3, 0.4) is 0 Å². The zero-order valence-electron chi connectivity index (χ0n) is 18.2. The molecule has 2 heterocycles. The van der Waals surface area contributed by atoms with Crippen molar-refractivity contribution < 1.29 is 9.90 Å². The third kappa shape index (κ3) is 5.33. The lowest BCUT2D eigenvalue weighted by Crippen LogP contribution is -2.55. The number of hydrogen-bond donors (Lipinski definition) is 2. The standard InChI is InChI=1S/C22H31ClN4O2Si/c1-16-15-26(21-20(23)13-17(9-12-28)14-24-21)10-11-27(16)22(29)25-18-5-7-19(8-6-18)30(2,3)4/h5-8,13-14,16,28H,9-12,15H2,1-4H3,(H,25,29)/t16-/m1/s1. The van der Waals surface area contributed by atoms with E-state index in [1.165, 1.54) is 5.19 Å². The second-order valence-corrected chi connectivity index (χ2v) is 14.4. The van der Waals surface area contributed by atoms with Gasteiger partial charge in [0, 0.05) is 44.2 Å². The number of pyridine rings is 1. The van der Waals surface area contributed by atoms with Gasteiger partial charge in [-0.25, -0.2) is 9.78 Å². The van der Waals surface area contributed by atoms with Crippen LogP contribution in [-0.4, -0.2) is 61.4 Å². The van der Waals surface area contributed by atoms with Crippen LogP contribution in [0.25, 0.3) is 0 Å². The summed E-state index contributed by atoms with van der Waals surface area (Å²) < 4.78 is 0. The third-order valence-electron chi connectivity index (χ3n) is 5.47. The molecule has 0 aliphatic carbocycles. The quantitative estimate of drug-likeness (QED) is 0.689. The van der Waals surface area contributed by atoms with Crippen LogP contribution >= 0.6 is 11.6 Å². The van der Waals surface area contributed by atoms with Gasteiger partial charge in [-0.05, 0) is 37.1 Å². The Morgan fingerprint density at radius 1 is 1.27 bits per heavy atom. The number of carbonyl (C=O) groups is 1. The highest BCUT2D eigenvalue weighted by Gasteiger charge is 2.29. The Kier molecular flexibility index (Phi) is 7.05. The normalized spacial score (nSPS) is 17.2. The summed E-state index contributed by atoms with van der Waals surface area (Å²) in [4.78, 5) is 21.3. The molecule has 30 heavy (non-hydrogen) atoms. The van der Waals surface area contributed by atoms with Crippen molar-refractivity contribution in [3.05, 3.63) is 47.1 Å². The first-order valence-electron chi connectivity index (χ1n) is 10.4. The van der Waals surface area contributed by atoms with Crippen LogP contribution in [0.15, 0.2) is 36.5 Å². The van der Waals surface area contributed by atoms with Gasteiger partial charge >= 0.3 is 6.03 Å². The van der Waals surface area contributed by atoms with Crippen LogP contribution in [0, 0.1) is 0 Å². The number of piperazine rings is 1. The summed E-state index contributed by atoms with van der Waals surface area (Å²) in [6, 6.07) is 10.0. The number of aromatic nitrogens is 1. The first-order valence-corrected chi connectivity index (χ1v) is 14.2. The fourth-order valence-corrected chi connectivity index (χ4v) is 5.14. The Morgan fingerprint density at radius 2 is 1.97 bits per heavy atom. The van der Waals surface area contributed by atoms with Crippen LogP contribution < -0.4 is 15.4 Å². The van der Waals surface area contributed by atoms with Crippen molar-refractivity contribution in [2.45, 2.75) is 39.0 Å². The number of urea groups is 1. The maximum Gasteiger partial charge on any atom is 0.322 e. The van der Waals surface area contributed by atoms with Gasteiger partial charge in [0.1, 0.15) is 5.82 Å². The fraction of sp³-hybridized carbons (Fsp3) is 0.455.